The Labute approximate surface area is 172 Å². The van der Waals surface area contributed by atoms with Gasteiger partial charge in [-0.1, -0.05) is 31.2 Å². The van der Waals surface area contributed by atoms with Crippen molar-refractivity contribution in [1.82, 2.24) is 15.2 Å². The van der Waals surface area contributed by atoms with Crippen molar-refractivity contribution in [2.45, 2.75) is 38.7 Å². The lowest BCUT2D eigenvalue weighted by Crippen LogP contribution is -2.62. The highest BCUT2D eigenvalue weighted by Gasteiger charge is 2.44. The number of carbonyl (C=O) groups is 2. The number of morpholine rings is 1. The topological polar surface area (TPSA) is 71.5 Å². The average molecular weight is 396 g/mol. The molecule has 0 spiro atoms. The number of ether oxygens (including phenoxy) is 1. The van der Waals surface area contributed by atoms with Crippen molar-refractivity contribution in [1.29, 1.82) is 0 Å². The van der Waals surface area contributed by atoms with Crippen LogP contribution in [0.25, 0.3) is 11.1 Å². The first-order chi connectivity index (χ1) is 14.1. The van der Waals surface area contributed by atoms with Crippen LogP contribution in [0.3, 0.4) is 0 Å². The molecule has 1 atom stereocenters. The fraction of sp³-hybridized carbons (Fsp3) is 0.435. The van der Waals surface area contributed by atoms with Gasteiger partial charge < -0.3 is 15.0 Å². The molecule has 0 radical (unpaired) electrons. The summed E-state index contributed by atoms with van der Waals surface area (Å²) in [5.41, 5.74) is 2.12. The van der Waals surface area contributed by atoms with E-state index in [-0.39, 0.29) is 18.4 Å². The van der Waals surface area contributed by atoms with E-state index in [1.807, 2.05) is 50.2 Å². The number of carbonyl (C=O) groups excluding carboxylic acids is 2. The van der Waals surface area contributed by atoms with Crippen molar-refractivity contribution in [3.05, 3.63) is 54.4 Å². The van der Waals surface area contributed by atoms with Crippen molar-refractivity contribution in [2.75, 3.05) is 26.2 Å². The molecular weight excluding hydrogens is 366 g/mol. The number of benzene rings is 1. The van der Waals surface area contributed by atoms with Gasteiger partial charge >= 0.3 is 0 Å². The molecule has 1 aromatic heterocycles. The van der Waals surface area contributed by atoms with Crippen LogP contribution in [0.4, 0.5) is 0 Å². The van der Waals surface area contributed by atoms with E-state index in [1.165, 1.54) is 0 Å². The third kappa shape index (κ3) is 5.01. The lowest BCUT2D eigenvalue weighted by Gasteiger charge is -2.41. The number of hydrogen-bond acceptors (Lipinski definition) is 4. The van der Waals surface area contributed by atoms with Gasteiger partial charge in [0.2, 0.25) is 5.91 Å². The number of rotatable bonds is 7. The smallest absolute Gasteiger partial charge is 0.254 e. The molecule has 6 heteroatoms. The van der Waals surface area contributed by atoms with Gasteiger partial charge in [0, 0.05) is 38.3 Å². The summed E-state index contributed by atoms with van der Waals surface area (Å²) in [6, 6.07) is 12.1. The maximum Gasteiger partial charge on any atom is 0.254 e. The van der Waals surface area contributed by atoms with E-state index in [0.717, 1.165) is 23.1 Å². The zero-order valence-corrected chi connectivity index (χ0v) is 17.2. The number of aromatic nitrogens is 1. The second-order valence-corrected chi connectivity index (χ2v) is 7.38. The van der Waals surface area contributed by atoms with Crippen LogP contribution in [0.15, 0.2) is 48.8 Å². The van der Waals surface area contributed by atoms with Gasteiger partial charge in [-0.15, -0.1) is 0 Å². The van der Waals surface area contributed by atoms with Gasteiger partial charge in [0.25, 0.3) is 5.91 Å². The predicted octanol–water partition coefficient (Wildman–Crippen LogP) is 2.82. The lowest BCUT2D eigenvalue weighted by molar-refractivity contribution is -0.166. The molecule has 2 amide bonds. The normalized spacial score (nSPS) is 19.0. The lowest BCUT2D eigenvalue weighted by atomic mass is 9.90. The minimum Gasteiger partial charge on any atom is -0.361 e. The first kappa shape index (κ1) is 21.0. The van der Waals surface area contributed by atoms with Crippen molar-refractivity contribution in [2.24, 2.45) is 0 Å². The number of likely N-dealkylation sites (N-methyl/N-ethyl adjacent to an activating group) is 1. The average Bonchev–Trinajstić information content (AvgIpc) is 2.75. The van der Waals surface area contributed by atoms with Crippen LogP contribution in [0.1, 0.15) is 32.3 Å². The minimum absolute atomic E-state index is 0.0810. The Bertz CT molecular complexity index is 823. The van der Waals surface area contributed by atoms with Gasteiger partial charge in [-0.3, -0.25) is 14.6 Å². The number of pyridine rings is 1. The molecule has 29 heavy (non-hydrogen) atoms. The Balaban J connectivity index is 1.82. The third-order valence-corrected chi connectivity index (χ3v) is 5.21. The number of amides is 2. The maximum absolute atomic E-state index is 13.0. The number of nitrogens with zero attached hydrogens (tertiary/aromatic N) is 2. The molecule has 0 bridgehead atoms. The van der Waals surface area contributed by atoms with Crippen molar-refractivity contribution < 1.29 is 14.3 Å². The Morgan fingerprint density at radius 3 is 2.45 bits per heavy atom. The summed E-state index contributed by atoms with van der Waals surface area (Å²) >= 11 is 0. The summed E-state index contributed by atoms with van der Waals surface area (Å²) in [5.74, 6) is -0.0790. The van der Waals surface area contributed by atoms with Crippen LogP contribution in [-0.4, -0.2) is 53.5 Å². The zero-order chi connectivity index (χ0) is 20.7. The van der Waals surface area contributed by atoms with Gasteiger partial charge in [0.15, 0.2) is 5.60 Å². The second kappa shape index (κ2) is 9.65. The summed E-state index contributed by atoms with van der Waals surface area (Å²) in [4.78, 5) is 31.2. The summed E-state index contributed by atoms with van der Waals surface area (Å²) in [6.45, 7) is 5.57. The summed E-state index contributed by atoms with van der Waals surface area (Å²) < 4.78 is 6.04. The van der Waals surface area contributed by atoms with E-state index in [1.54, 1.807) is 17.3 Å². The standard InChI is InChI=1S/C23H29N3O3/c1-3-5-21(27)26-14-15-29-23(17-26,22(28)25-4-2)16-18-6-8-19(9-7-18)20-10-12-24-13-11-20/h6-13H,3-5,14-17H2,1-2H3,(H,25,28). The summed E-state index contributed by atoms with van der Waals surface area (Å²) in [7, 11) is 0. The molecule has 1 fully saturated rings. The van der Waals surface area contributed by atoms with E-state index in [9.17, 15) is 9.59 Å². The number of hydrogen-bond donors (Lipinski definition) is 1. The monoisotopic (exact) mass is 395 g/mol. The fourth-order valence-electron chi connectivity index (χ4n) is 3.70. The quantitative estimate of drug-likeness (QED) is 0.783. The van der Waals surface area contributed by atoms with Crippen molar-refractivity contribution in [3.8, 4) is 11.1 Å². The number of nitrogens with one attached hydrogen (secondary N) is 1. The fourth-order valence-corrected chi connectivity index (χ4v) is 3.70. The highest BCUT2D eigenvalue weighted by molar-refractivity contribution is 5.87. The molecule has 1 aliphatic heterocycles. The molecule has 1 aliphatic rings. The molecule has 2 heterocycles. The van der Waals surface area contributed by atoms with Crippen LogP contribution < -0.4 is 5.32 Å². The van der Waals surface area contributed by atoms with Crippen molar-refractivity contribution in [3.63, 3.8) is 0 Å². The molecular formula is C23H29N3O3. The van der Waals surface area contributed by atoms with Gasteiger partial charge in [-0.05, 0) is 42.2 Å². The Kier molecular flexibility index (Phi) is 6.99. The van der Waals surface area contributed by atoms with Crippen LogP contribution in [0, 0.1) is 0 Å². The van der Waals surface area contributed by atoms with Gasteiger partial charge in [0.1, 0.15) is 0 Å². The molecule has 3 rings (SSSR count). The minimum atomic E-state index is -1.06. The van der Waals surface area contributed by atoms with Crippen LogP contribution in [0.5, 0.6) is 0 Å². The first-order valence-corrected chi connectivity index (χ1v) is 10.3. The predicted molar refractivity (Wildman–Crippen MR) is 112 cm³/mol. The molecule has 1 N–H and O–H groups in total. The van der Waals surface area contributed by atoms with Crippen LogP contribution >= 0.6 is 0 Å². The van der Waals surface area contributed by atoms with Crippen LogP contribution in [0.2, 0.25) is 0 Å². The largest absolute Gasteiger partial charge is 0.361 e. The summed E-state index contributed by atoms with van der Waals surface area (Å²) in [5, 5.41) is 2.90. The van der Waals surface area contributed by atoms with E-state index < -0.39 is 5.60 Å². The molecule has 1 unspecified atom stereocenters. The molecule has 2 aromatic rings. The van der Waals surface area contributed by atoms with Gasteiger partial charge in [0.05, 0.1) is 13.2 Å². The van der Waals surface area contributed by atoms with Gasteiger partial charge in [-0.2, -0.15) is 0 Å². The van der Waals surface area contributed by atoms with E-state index in [2.05, 4.69) is 10.3 Å². The zero-order valence-electron chi connectivity index (χ0n) is 17.2. The molecule has 0 aliphatic carbocycles. The summed E-state index contributed by atoms with van der Waals surface area (Å²) in [6.07, 6.45) is 5.24. The molecule has 154 valence electrons. The SMILES string of the molecule is CCCC(=O)N1CCOC(Cc2ccc(-c3ccncc3)cc2)(C(=O)NCC)C1. The highest BCUT2D eigenvalue weighted by atomic mass is 16.5. The van der Waals surface area contributed by atoms with E-state index in [0.29, 0.717) is 32.5 Å². The Morgan fingerprint density at radius 1 is 1.10 bits per heavy atom. The van der Waals surface area contributed by atoms with Crippen LogP contribution in [-0.2, 0) is 20.7 Å². The first-order valence-electron chi connectivity index (χ1n) is 10.3. The Hall–Kier alpha value is -2.73. The molecule has 1 aromatic carbocycles. The molecule has 1 saturated heterocycles. The molecule has 0 saturated carbocycles. The van der Waals surface area contributed by atoms with Gasteiger partial charge in [-0.25, -0.2) is 0 Å². The maximum atomic E-state index is 13.0. The molecule has 6 nitrogen and oxygen atoms in total. The third-order valence-electron chi connectivity index (χ3n) is 5.21. The van der Waals surface area contributed by atoms with E-state index >= 15 is 0 Å². The van der Waals surface area contributed by atoms with Crippen molar-refractivity contribution >= 4 is 11.8 Å². The second-order valence-electron chi connectivity index (χ2n) is 7.38. The Morgan fingerprint density at radius 2 is 1.79 bits per heavy atom. The highest BCUT2D eigenvalue weighted by Crippen LogP contribution is 2.26. The van der Waals surface area contributed by atoms with E-state index in [4.69, 9.17) is 4.74 Å².